The van der Waals surface area contributed by atoms with Crippen LogP contribution >= 0.6 is 137 Å². The summed E-state index contributed by atoms with van der Waals surface area (Å²) < 4.78 is 7.27. The molecule has 0 fully saturated rings. The van der Waals surface area contributed by atoms with Gasteiger partial charge in [-0.3, -0.25) is 4.79 Å². The van der Waals surface area contributed by atoms with E-state index in [1.54, 1.807) is 12.1 Å². The molecule has 4 rings (SSSR count). The highest BCUT2D eigenvalue weighted by molar-refractivity contribution is 14.1. The zero-order chi connectivity index (χ0) is 24.5. The van der Waals surface area contributed by atoms with E-state index in [0.29, 0.717) is 18.1 Å². The van der Waals surface area contributed by atoms with Crippen molar-refractivity contribution in [2.24, 2.45) is 0 Å². The maximum atomic E-state index is 12.6. The van der Waals surface area contributed by atoms with Crippen LogP contribution in [0.3, 0.4) is 0 Å². The van der Waals surface area contributed by atoms with E-state index in [4.69, 9.17) is 50.8 Å². The molecule has 0 bridgehead atoms. The molecule has 0 N–H and O–H groups in total. The van der Waals surface area contributed by atoms with E-state index in [2.05, 4.69) is 0 Å². The molecule has 1 aliphatic heterocycles. The second-order valence-electron chi connectivity index (χ2n) is 6.53. The van der Waals surface area contributed by atoms with Crippen LogP contribution in [0, 0.1) is 14.3 Å². The predicted molar refractivity (Wildman–Crippen MR) is 159 cm³/mol. The molecule has 0 saturated heterocycles. The molecule has 170 valence electrons. The molecule has 1 heterocycles. The number of halogens is 8. The van der Waals surface area contributed by atoms with Crippen molar-refractivity contribution in [1.29, 1.82) is 0 Å². The second-order valence-corrected chi connectivity index (χ2v) is 12.5. The van der Waals surface area contributed by atoms with E-state index in [1.165, 1.54) is 0 Å². The highest BCUT2D eigenvalue weighted by Crippen LogP contribution is 2.52. The highest BCUT2D eigenvalue weighted by atomic mass is 127. The monoisotopic (exact) mass is 969 g/mol. The Labute approximate surface area is 260 Å². The molecular formula is C20H2Cl4I4O5-2. The van der Waals surface area contributed by atoms with E-state index >= 15 is 0 Å². The minimum atomic E-state index is -1.63. The van der Waals surface area contributed by atoms with E-state index in [9.17, 15) is 19.8 Å². The SMILES string of the molecule is O=C([O-])c1c(Cl)c(Cl)c(Cl)c(Cl)c1-c1c2cc(I)c(=O)c(I)c-2oc2c(I)c([O-])c(I)cc12. The first kappa shape index (κ1) is 26.5. The third-order valence-corrected chi connectivity index (χ3v) is 10.1. The molecule has 0 radical (unpaired) electrons. The number of hydrogen-bond donors (Lipinski definition) is 0. The third kappa shape index (κ3) is 4.23. The zero-order valence-electron chi connectivity index (χ0n) is 15.2. The molecule has 5 nitrogen and oxygen atoms in total. The van der Waals surface area contributed by atoms with Crippen LogP contribution in [0.1, 0.15) is 10.4 Å². The molecule has 2 aliphatic rings. The van der Waals surface area contributed by atoms with Gasteiger partial charge in [0.15, 0.2) is 5.76 Å². The lowest BCUT2D eigenvalue weighted by molar-refractivity contribution is -0.270. The van der Waals surface area contributed by atoms with Gasteiger partial charge in [0.05, 0.1) is 29.6 Å². The van der Waals surface area contributed by atoms with Crippen molar-refractivity contribution in [2.75, 3.05) is 0 Å². The largest absolute Gasteiger partial charge is 0.871 e. The van der Waals surface area contributed by atoms with Gasteiger partial charge in [-0.05, 0) is 102 Å². The van der Waals surface area contributed by atoms with Crippen molar-refractivity contribution in [3.05, 3.63) is 62.3 Å². The highest BCUT2D eigenvalue weighted by Gasteiger charge is 2.30. The summed E-state index contributed by atoms with van der Waals surface area (Å²) in [6.07, 6.45) is 0. The van der Waals surface area contributed by atoms with E-state index in [-0.39, 0.29) is 60.9 Å². The lowest BCUT2D eigenvalue weighted by atomic mass is 9.90. The van der Waals surface area contributed by atoms with Crippen LogP contribution in [-0.2, 0) is 0 Å². The minimum Gasteiger partial charge on any atom is -0.871 e. The van der Waals surface area contributed by atoms with E-state index in [1.807, 2.05) is 90.4 Å². The Balaban J connectivity index is 2.43. The number of aromatic carboxylic acids is 1. The maximum Gasteiger partial charge on any atom is 0.209 e. The molecule has 0 atom stereocenters. The Kier molecular flexibility index (Phi) is 7.84. The van der Waals surface area contributed by atoms with Crippen molar-refractivity contribution in [3.8, 4) is 28.2 Å². The summed E-state index contributed by atoms with van der Waals surface area (Å²) in [5, 5.41) is 24.3. The molecule has 0 spiro atoms. The second kappa shape index (κ2) is 9.74. The van der Waals surface area contributed by atoms with Gasteiger partial charge < -0.3 is 19.4 Å². The fraction of sp³-hybridized carbons (Fsp3) is 0. The van der Waals surface area contributed by atoms with E-state index < -0.39 is 11.5 Å². The standard InChI is InChI=1S/C20H4Cl4I4O5/c21-10-8(9(20(31)32)11(22)13(24)12(10)23)7-3-1-5(25)16(29)14(27)18(3)33-19-4(7)2-6(26)17(30)15(19)28/h1-2,29H,(H,31,32)/p-2. The van der Waals surface area contributed by atoms with Gasteiger partial charge in [0, 0.05) is 34.8 Å². The van der Waals surface area contributed by atoms with Crippen molar-refractivity contribution in [1.82, 2.24) is 0 Å². The Morgan fingerprint density at radius 2 is 1.45 bits per heavy atom. The van der Waals surface area contributed by atoms with Gasteiger partial charge in [-0.25, -0.2) is 0 Å². The first-order valence-electron chi connectivity index (χ1n) is 8.39. The number of carbonyl (C=O) groups excluding carboxylic acids is 1. The minimum absolute atomic E-state index is 0.0580. The van der Waals surface area contributed by atoms with Crippen molar-refractivity contribution >= 4 is 154 Å². The molecule has 1 aliphatic carbocycles. The summed E-state index contributed by atoms with van der Waals surface area (Å²) >= 11 is 32.7. The average Bonchev–Trinajstić information content (AvgIpc) is 2.76. The average molecular weight is 972 g/mol. The Morgan fingerprint density at radius 1 is 0.848 bits per heavy atom. The smallest absolute Gasteiger partial charge is 0.209 e. The molecule has 13 heteroatoms. The summed E-state index contributed by atoms with van der Waals surface area (Å²) in [4.78, 5) is 24.8. The molecule has 0 amide bonds. The lowest BCUT2D eigenvalue weighted by Crippen LogP contribution is -2.24. The number of carboxylic acid groups (broad SMARTS) is 1. The molecule has 0 unspecified atom stereocenters. The topological polar surface area (TPSA) is 93.4 Å². The van der Waals surface area contributed by atoms with Gasteiger partial charge in [0.25, 0.3) is 0 Å². The summed E-state index contributed by atoms with van der Waals surface area (Å²) in [6, 6.07) is 3.10. The molecule has 0 saturated carbocycles. The summed E-state index contributed by atoms with van der Waals surface area (Å²) in [5.74, 6) is -1.75. The molecule has 2 aromatic rings. The number of benzene rings is 3. The van der Waals surface area contributed by atoms with Crippen LogP contribution in [0.25, 0.3) is 33.4 Å². The van der Waals surface area contributed by atoms with Crippen molar-refractivity contribution < 1.29 is 19.4 Å². The Morgan fingerprint density at radius 3 is 2.06 bits per heavy atom. The van der Waals surface area contributed by atoms with Gasteiger partial charge in [-0.2, -0.15) is 0 Å². The fourth-order valence-electron chi connectivity index (χ4n) is 3.31. The van der Waals surface area contributed by atoms with Crippen molar-refractivity contribution in [2.45, 2.75) is 0 Å². The molecule has 33 heavy (non-hydrogen) atoms. The van der Waals surface area contributed by atoms with Crippen LogP contribution in [-0.4, -0.2) is 5.97 Å². The lowest BCUT2D eigenvalue weighted by Gasteiger charge is -2.24. The number of fused-ring (bicyclic) bond motifs is 2. The van der Waals surface area contributed by atoms with Gasteiger partial charge in [0.1, 0.15) is 9.15 Å². The predicted octanol–water partition coefficient (Wildman–Crippen LogP) is 7.03. The first-order valence-corrected chi connectivity index (χ1v) is 14.2. The summed E-state index contributed by atoms with van der Waals surface area (Å²) in [5.41, 5.74) is -0.0131. The van der Waals surface area contributed by atoms with Crippen LogP contribution in [0.15, 0.2) is 21.3 Å². The molecule has 0 aromatic heterocycles. The van der Waals surface area contributed by atoms with Crippen LogP contribution in [0.4, 0.5) is 0 Å². The van der Waals surface area contributed by atoms with Gasteiger partial charge in [0.2, 0.25) is 5.43 Å². The summed E-state index contributed by atoms with van der Waals surface area (Å²) in [7, 11) is 0. The number of rotatable bonds is 2. The van der Waals surface area contributed by atoms with Crippen LogP contribution < -0.4 is 15.6 Å². The Bertz CT molecular complexity index is 1570. The van der Waals surface area contributed by atoms with Crippen molar-refractivity contribution in [3.63, 3.8) is 0 Å². The quantitative estimate of drug-likeness (QED) is 0.0932. The van der Waals surface area contributed by atoms with Gasteiger partial charge in [-0.1, -0.05) is 52.2 Å². The van der Waals surface area contributed by atoms with Gasteiger partial charge >= 0.3 is 0 Å². The Hall–Kier alpha value is 0.480. The normalized spacial score (nSPS) is 11.5. The maximum absolute atomic E-state index is 12.6. The summed E-state index contributed by atoms with van der Waals surface area (Å²) in [6.45, 7) is 0. The number of carbonyl (C=O) groups is 1. The number of carboxylic acids is 1. The third-order valence-electron chi connectivity index (χ3n) is 4.73. The fourth-order valence-corrected chi connectivity index (χ4v) is 7.91. The van der Waals surface area contributed by atoms with Crippen LogP contribution in [0.2, 0.25) is 20.1 Å². The molecule has 2 aromatic carbocycles. The number of hydrogen-bond acceptors (Lipinski definition) is 5. The molecular weight excluding hydrogens is 970 g/mol. The zero-order valence-corrected chi connectivity index (χ0v) is 26.9. The first-order chi connectivity index (χ1) is 15.4. The van der Waals surface area contributed by atoms with Crippen LogP contribution in [0.5, 0.6) is 5.75 Å². The van der Waals surface area contributed by atoms with E-state index in [0.717, 1.165) is 0 Å². The van der Waals surface area contributed by atoms with Gasteiger partial charge in [-0.15, -0.1) is 0 Å².